The monoisotopic (exact) mass is 419 g/mol. The lowest BCUT2D eigenvalue weighted by molar-refractivity contribution is -0.136. The van der Waals surface area contributed by atoms with E-state index in [1.54, 1.807) is 18.2 Å². The number of nitrogens with one attached hydrogen (secondary N) is 3. The van der Waals surface area contributed by atoms with Crippen molar-refractivity contribution in [2.24, 2.45) is 5.92 Å². The van der Waals surface area contributed by atoms with Gasteiger partial charge in [-0.05, 0) is 30.9 Å². The summed E-state index contributed by atoms with van der Waals surface area (Å²) in [6.45, 7) is 1.44. The summed E-state index contributed by atoms with van der Waals surface area (Å²) in [4.78, 5) is 11.3. The van der Waals surface area contributed by atoms with Gasteiger partial charge in [-0.15, -0.1) is 0 Å². The number of anilines is 3. The number of nitrogens with zero attached hydrogens (tertiary/aromatic N) is 2. The van der Waals surface area contributed by atoms with Gasteiger partial charge in [0.05, 0.1) is 16.6 Å². The molecule has 0 atom stereocenters. The molecule has 7 nitrogen and oxygen atoms in total. The highest BCUT2D eigenvalue weighted by Crippen LogP contribution is 2.40. The SMILES string of the molecule is FC(F)(F)c1c[nH]c2nc(Nc3cccc4c3OCCO4)nc(NCC3CCC3)c12. The highest BCUT2D eigenvalue weighted by Gasteiger charge is 2.36. The Morgan fingerprint density at radius 3 is 2.73 bits per heavy atom. The van der Waals surface area contributed by atoms with Gasteiger partial charge in [0.1, 0.15) is 24.7 Å². The molecule has 0 spiro atoms. The minimum absolute atomic E-state index is 0.0537. The van der Waals surface area contributed by atoms with Gasteiger partial charge >= 0.3 is 6.18 Å². The molecule has 158 valence electrons. The first-order chi connectivity index (χ1) is 14.5. The number of hydrogen-bond acceptors (Lipinski definition) is 6. The molecule has 30 heavy (non-hydrogen) atoms. The maximum Gasteiger partial charge on any atom is 0.418 e. The topological polar surface area (TPSA) is 84.1 Å². The first kappa shape index (κ1) is 18.8. The molecule has 0 saturated heterocycles. The van der Waals surface area contributed by atoms with Gasteiger partial charge in [-0.2, -0.15) is 23.1 Å². The molecule has 1 aromatic carbocycles. The van der Waals surface area contributed by atoms with Crippen LogP contribution in [0.25, 0.3) is 11.0 Å². The normalized spacial score (nSPS) is 16.4. The summed E-state index contributed by atoms with van der Waals surface area (Å²) in [5, 5.41) is 6.12. The summed E-state index contributed by atoms with van der Waals surface area (Å²) in [5.41, 5.74) is -0.0917. The van der Waals surface area contributed by atoms with Crippen molar-refractivity contribution in [2.75, 3.05) is 30.4 Å². The zero-order valence-corrected chi connectivity index (χ0v) is 16.0. The number of ether oxygens (including phenoxy) is 2. The molecule has 0 unspecified atom stereocenters. The van der Waals surface area contributed by atoms with Crippen molar-refractivity contribution in [2.45, 2.75) is 25.4 Å². The second kappa shape index (κ2) is 7.26. The lowest BCUT2D eigenvalue weighted by Gasteiger charge is -2.26. The van der Waals surface area contributed by atoms with E-state index in [0.29, 0.717) is 42.9 Å². The van der Waals surface area contributed by atoms with E-state index in [2.05, 4.69) is 25.6 Å². The number of hydrogen-bond donors (Lipinski definition) is 3. The highest BCUT2D eigenvalue weighted by molar-refractivity contribution is 5.92. The number of halogens is 3. The fourth-order valence-electron chi connectivity index (χ4n) is 3.67. The second-order valence-corrected chi connectivity index (χ2v) is 7.45. The third kappa shape index (κ3) is 3.46. The number of H-pyrrole nitrogens is 1. The third-order valence-electron chi connectivity index (χ3n) is 5.43. The Morgan fingerprint density at radius 1 is 1.13 bits per heavy atom. The predicted octanol–water partition coefficient (Wildman–Crippen LogP) is 4.70. The van der Waals surface area contributed by atoms with Crippen LogP contribution < -0.4 is 20.1 Å². The minimum Gasteiger partial charge on any atom is -0.486 e. The molecule has 1 aliphatic carbocycles. The van der Waals surface area contributed by atoms with Crippen LogP contribution in [0.3, 0.4) is 0 Å². The lowest BCUT2D eigenvalue weighted by atomic mass is 9.85. The molecule has 3 heterocycles. The molecule has 3 N–H and O–H groups in total. The van der Waals surface area contributed by atoms with E-state index >= 15 is 0 Å². The number of fused-ring (bicyclic) bond motifs is 2. The quantitative estimate of drug-likeness (QED) is 0.556. The summed E-state index contributed by atoms with van der Waals surface area (Å²) in [7, 11) is 0. The smallest absolute Gasteiger partial charge is 0.418 e. The molecule has 10 heteroatoms. The maximum atomic E-state index is 13.5. The first-order valence-electron chi connectivity index (χ1n) is 9.85. The van der Waals surface area contributed by atoms with Crippen LogP contribution in [0, 0.1) is 5.92 Å². The van der Waals surface area contributed by atoms with Crippen molar-refractivity contribution in [1.29, 1.82) is 0 Å². The highest BCUT2D eigenvalue weighted by atomic mass is 19.4. The molecular formula is C20H20F3N5O2. The van der Waals surface area contributed by atoms with Crippen LogP contribution in [0.4, 0.5) is 30.6 Å². The fourth-order valence-corrected chi connectivity index (χ4v) is 3.67. The minimum atomic E-state index is -4.51. The zero-order valence-electron chi connectivity index (χ0n) is 16.0. The average molecular weight is 419 g/mol. The number of para-hydroxylation sites is 1. The Bertz CT molecular complexity index is 1080. The molecule has 5 rings (SSSR count). The Kier molecular flexibility index (Phi) is 4.56. The van der Waals surface area contributed by atoms with Crippen LogP contribution >= 0.6 is 0 Å². The van der Waals surface area contributed by atoms with Crippen LogP contribution in [0.5, 0.6) is 11.5 Å². The molecule has 1 aliphatic heterocycles. The van der Waals surface area contributed by atoms with E-state index in [0.717, 1.165) is 25.5 Å². The summed E-state index contributed by atoms with van der Waals surface area (Å²) in [6.07, 6.45) is -0.290. The van der Waals surface area contributed by atoms with E-state index in [4.69, 9.17) is 9.47 Å². The van der Waals surface area contributed by atoms with Gasteiger partial charge in [-0.25, -0.2) is 0 Å². The van der Waals surface area contributed by atoms with Crippen LogP contribution in [0.15, 0.2) is 24.4 Å². The van der Waals surface area contributed by atoms with Crippen molar-refractivity contribution in [1.82, 2.24) is 15.0 Å². The van der Waals surface area contributed by atoms with Crippen LogP contribution in [0.1, 0.15) is 24.8 Å². The van der Waals surface area contributed by atoms with Crippen molar-refractivity contribution >= 4 is 28.5 Å². The third-order valence-corrected chi connectivity index (χ3v) is 5.43. The summed E-state index contributed by atoms with van der Waals surface area (Å²) >= 11 is 0. The van der Waals surface area contributed by atoms with Crippen molar-refractivity contribution < 1.29 is 22.6 Å². The Balaban J connectivity index is 1.53. The predicted molar refractivity (Wildman–Crippen MR) is 105 cm³/mol. The van der Waals surface area contributed by atoms with Crippen LogP contribution in [0.2, 0.25) is 0 Å². The zero-order chi connectivity index (χ0) is 20.7. The Labute approximate surface area is 170 Å². The van der Waals surface area contributed by atoms with Gasteiger partial charge < -0.3 is 25.1 Å². The molecule has 1 fully saturated rings. The van der Waals surface area contributed by atoms with Gasteiger partial charge in [-0.1, -0.05) is 12.5 Å². The molecular weight excluding hydrogens is 399 g/mol. The molecule has 2 aromatic heterocycles. The molecule has 0 radical (unpaired) electrons. The van der Waals surface area contributed by atoms with Crippen molar-refractivity contribution in [3.8, 4) is 11.5 Å². The van der Waals surface area contributed by atoms with E-state index in [1.165, 1.54) is 0 Å². The van der Waals surface area contributed by atoms with E-state index in [-0.39, 0.29) is 22.8 Å². The molecule has 0 amide bonds. The number of benzene rings is 1. The number of alkyl halides is 3. The van der Waals surface area contributed by atoms with Crippen LogP contribution in [-0.4, -0.2) is 34.7 Å². The molecule has 0 bridgehead atoms. The fraction of sp³-hybridized carbons (Fsp3) is 0.400. The summed E-state index contributed by atoms with van der Waals surface area (Å²) < 4.78 is 51.7. The number of rotatable bonds is 5. The Hall–Kier alpha value is -3.17. The van der Waals surface area contributed by atoms with Crippen molar-refractivity contribution in [3.05, 3.63) is 30.0 Å². The van der Waals surface area contributed by atoms with E-state index in [9.17, 15) is 13.2 Å². The van der Waals surface area contributed by atoms with Gasteiger partial charge in [-0.3, -0.25) is 0 Å². The van der Waals surface area contributed by atoms with Crippen LogP contribution in [-0.2, 0) is 6.18 Å². The van der Waals surface area contributed by atoms with Gasteiger partial charge in [0, 0.05) is 12.7 Å². The number of aromatic amines is 1. The van der Waals surface area contributed by atoms with Gasteiger partial charge in [0.2, 0.25) is 5.95 Å². The summed E-state index contributed by atoms with van der Waals surface area (Å²) in [5.74, 6) is 1.89. The maximum absolute atomic E-state index is 13.5. The first-order valence-corrected chi connectivity index (χ1v) is 9.85. The Morgan fingerprint density at radius 2 is 1.97 bits per heavy atom. The average Bonchev–Trinajstić information content (AvgIpc) is 3.12. The van der Waals surface area contributed by atoms with Gasteiger partial charge in [0.15, 0.2) is 11.5 Å². The van der Waals surface area contributed by atoms with E-state index < -0.39 is 11.7 Å². The second-order valence-electron chi connectivity index (χ2n) is 7.45. The standard InChI is InChI=1S/C20H20F3N5O2/c21-20(22,23)12-10-25-18-15(12)17(24-9-11-3-1-4-11)27-19(28-18)26-13-5-2-6-14-16(13)30-8-7-29-14/h2,5-6,10-11H,1,3-4,7-9H2,(H3,24,25,26,27,28). The molecule has 1 saturated carbocycles. The largest absolute Gasteiger partial charge is 0.486 e. The van der Waals surface area contributed by atoms with Gasteiger partial charge in [0.25, 0.3) is 0 Å². The molecule has 2 aliphatic rings. The summed E-state index contributed by atoms with van der Waals surface area (Å²) in [6, 6.07) is 5.36. The lowest BCUT2D eigenvalue weighted by Crippen LogP contribution is -2.22. The number of aromatic nitrogens is 3. The van der Waals surface area contributed by atoms with E-state index in [1.807, 2.05) is 0 Å². The molecule has 3 aromatic rings. The van der Waals surface area contributed by atoms with Crippen molar-refractivity contribution in [3.63, 3.8) is 0 Å².